The molecule has 0 unspecified atom stereocenters. The molecule has 4 heteroatoms. The Morgan fingerprint density at radius 1 is 1.35 bits per heavy atom. The summed E-state index contributed by atoms with van der Waals surface area (Å²) in [4.78, 5) is 15.5. The van der Waals surface area contributed by atoms with Crippen LogP contribution in [0.15, 0.2) is 0 Å². The van der Waals surface area contributed by atoms with Gasteiger partial charge in [-0.05, 0) is 12.8 Å². The number of rotatable bonds is 4. The van der Waals surface area contributed by atoms with E-state index in [9.17, 15) is 4.79 Å². The number of hydrogen-bond acceptors (Lipinski definition) is 3. The summed E-state index contributed by atoms with van der Waals surface area (Å²) in [6.07, 6.45) is 2.17. The van der Waals surface area contributed by atoms with Gasteiger partial charge < -0.3 is 14.5 Å². The van der Waals surface area contributed by atoms with Gasteiger partial charge in [-0.1, -0.05) is 13.8 Å². The normalized spacial score (nSPS) is 17.2. The number of likely N-dealkylation sites (tertiary alicyclic amines) is 1. The largest absolute Gasteiger partial charge is 0.383 e. The second-order valence-corrected chi connectivity index (χ2v) is 4.20. The van der Waals surface area contributed by atoms with Crippen LogP contribution in [0.2, 0.25) is 0 Å². The molecule has 1 aliphatic rings. The molecule has 0 N–H and O–H groups in total. The Morgan fingerprint density at radius 3 is 2.29 bits per heavy atom. The molecule has 1 aliphatic heterocycles. The van der Waals surface area contributed by atoms with E-state index < -0.39 is 0 Å². The molecule has 1 heterocycles. The Balaban J connectivity index is 0.00000121. The van der Waals surface area contributed by atoms with Gasteiger partial charge in [0.15, 0.2) is 0 Å². The Bertz CT molecular complexity index is 202. The molecule has 0 aromatic carbocycles. The molecule has 1 fully saturated rings. The van der Waals surface area contributed by atoms with Crippen LogP contribution in [-0.2, 0) is 9.53 Å². The van der Waals surface area contributed by atoms with Crippen molar-refractivity contribution >= 4 is 5.91 Å². The molecule has 0 bridgehead atoms. The standard InChI is InChI=1S/C11H22N2O2.C2H6/c1-10(14)12(2)11-4-6-13(7-5-11)8-9-15-3;1-2/h11H,4-9H2,1-3H3;1-2H3. The summed E-state index contributed by atoms with van der Waals surface area (Å²) in [7, 11) is 3.63. The molecule has 17 heavy (non-hydrogen) atoms. The first-order valence-electron chi connectivity index (χ1n) is 6.60. The Hall–Kier alpha value is -0.610. The van der Waals surface area contributed by atoms with Crippen LogP contribution >= 0.6 is 0 Å². The lowest BCUT2D eigenvalue weighted by Crippen LogP contribution is -2.45. The van der Waals surface area contributed by atoms with E-state index in [1.807, 2.05) is 25.8 Å². The molecule has 0 atom stereocenters. The first-order valence-corrected chi connectivity index (χ1v) is 6.60. The number of nitrogens with zero attached hydrogens (tertiary/aromatic N) is 2. The summed E-state index contributed by atoms with van der Waals surface area (Å²) in [6.45, 7) is 9.59. The Morgan fingerprint density at radius 2 is 1.88 bits per heavy atom. The highest BCUT2D eigenvalue weighted by atomic mass is 16.5. The van der Waals surface area contributed by atoms with Crippen LogP contribution in [0.25, 0.3) is 0 Å². The maximum absolute atomic E-state index is 11.2. The molecule has 0 aromatic rings. The van der Waals surface area contributed by atoms with E-state index in [0.29, 0.717) is 6.04 Å². The molecule has 1 rings (SSSR count). The molecule has 4 nitrogen and oxygen atoms in total. The van der Waals surface area contributed by atoms with Crippen molar-refractivity contribution in [2.24, 2.45) is 0 Å². The smallest absolute Gasteiger partial charge is 0.219 e. The van der Waals surface area contributed by atoms with Crippen LogP contribution in [0.1, 0.15) is 33.6 Å². The van der Waals surface area contributed by atoms with E-state index in [2.05, 4.69) is 4.90 Å². The van der Waals surface area contributed by atoms with Crippen molar-refractivity contribution < 1.29 is 9.53 Å². The zero-order valence-corrected chi connectivity index (χ0v) is 12.0. The highest BCUT2D eigenvalue weighted by Gasteiger charge is 2.23. The lowest BCUT2D eigenvalue weighted by Gasteiger charge is -2.36. The van der Waals surface area contributed by atoms with Crippen LogP contribution in [0.3, 0.4) is 0 Å². The molecule has 0 spiro atoms. The van der Waals surface area contributed by atoms with Gasteiger partial charge in [-0.3, -0.25) is 4.79 Å². The van der Waals surface area contributed by atoms with Crippen LogP contribution in [-0.4, -0.2) is 62.1 Å². The van der Waals surface area contributed by atoms with E-state index in [4.69, 9.17) is 4.74 Å². The molecule has 1 saturated heterocycles. The molecular weight excluding hydrogens is 216 g/mol. The number of carbonyl (C=O) groups excluding carboxylic acids is 1. The number of ether oxygens (including phenoxy) is 1. The molecular formula is C13H28N2O2. The number of piperidine rings is 1. The minimum Gasteiger partial charge on any atom is -0.383 e. The summed E-state index contributed by atoms with van der Waals surface area (Å²) in [5.41, 5.74) is 0. The number of carbonyl (C=O) groups is 1. The average Bonchev–Trinajstić information content (AvgIpc) is 2.38. The van der Waals surface area contributed by atoms with Crippen molar-refractivity contribution in [3.8, 4) is 0 Å². The Labute approximate surface area is 106 Å². The van der Waals surface area contributed by atoms with Crippen LogP contribution in [0, 0.1) is 0 Å². The topological polar surface area (TPSA) is 32.8 Å². The third-order valence-electron chi connectivity index (χ3n) is 3.21. The molecule has 0 aliphatic carbocycles. The van der Waals surface area contributed by atoms with Crippen LogP contribution in [0.4, 0.5) is 0 Å². The maximum Gasteiger partial charge on any atom is 0.219 e. The van der Waals surface area contributed by atoms with Gasteiger partial charge in [0.1, 0.15) is 0 Å². The van der Waals surface area contributed by atoms with Gasteiger partial charge in [-0.25, -0.2) is 0 Å². The van der Waals surface area contributed by atoms with Crippen molar-refractivity contribution in [3.63, 3.8) is 0 Å². The minimum atomic E-state index is 0.172. The van der Waals surface area contributed by atoms with Crippen molar-refractivity contribution in [1.29, 1.82) is 0 Å². The van der Waals surface area contributed by atoms with Gasteiger partial charge >= 0.3 is 0 Å². The average molecular weight is 244 g/mol. The molecule has 1 amide bonds. The Kier molecular flexibility index (Phi) is 9.09. The van der Waals surface area contributed by atoms with Crippen molar-refractivity contribution in [2.45, 2.75) is 39.7 Å². The predicted molar refractivity (Wildman–Crippen MR) is 71.1 cm³/mol. The first-order chi connectivity index (χ1) is 8.15. The second kappa shape index (κ2) is 9.42. The zero-order valence-electron chi connectivity index (χ0n) is 12.0. The molecule has 0 saturated carbocycles. The van der Waals surface area contributed by atoms with E-state index >= 15 is 0 Å². The van der Waals surface area contributed by atoms with Gasteiger partial charge in [0, 0.05) is 46.8 Å². The maximum atomic E-state index is 11.2. The third-order valence-corrected chi connectivity index (χ3v) is 3.21. The molecule has 0 radical (unpaired) electrons. The zero-order chi connectivity index (χ0) is 13.3. The lowest BCUT2D eigenvalue weighted by molar-refractivity contribution is -0.130. The molecule has 102 valence electrons. The van der Waals surface area contributed by atoms with Gasteiger partial charge in [0.25, 0.3) is 0 Å². The van der Waals surface area contributed by atoms with Gasteiger partial charge in [-0.15, -0.1) is 0 Å². The summed E-state index contributed by atoms with van der Waals surface area (Å²) >= 11 is 0. The van der Waals surface area contributed by atoms with E-state index in [-0.39, 0.29) is 5.91 Å². The summed E-state index contributed by atoms with van der Waals surface area (Å²) in [6, 6.07) is 0.432. The fraction of sp³-hybridized carbons (Fsp3) is 0.923. The second-order valence-electron chi connectivity index (χ2n) is 4.20. The minimum absolute atomic E-state index is 0.172. The molecule has 0 aromatic heterocycles. The monoisotopic (exact) mass is 244 g/mol. The van der Waals surface area contributed by atoms with Crippen molar-refractivity contribution in [1.82, 2.24) is 9.80 Å². The van der Waals surface area contributed by atoms with E-state index in [1.165, 1.54) is 0 Å². The number of methoxy groups -OCH3 is 1. The number of amides is 1. The van der Waals surface area contributed by atoms with E-state index in [0.717, 1.165) is 39.1 Å². The van der Waals surface area contributed by atoms with Gasteiger partial charge in [-0.2, -0.15) is 0 Å². The van der Waals surface area contributed by atoms with Crippen LogP contribution < -0.4 is 0 Å². The van der Waals surface area contributed by atoms with Crippen molar-refractivity contribution in [2.75, 3.05) is 40.4 Å². The highest BCUT2D eigenvalue weighted by Crippen LogP contribution is 2.14. The lowest BCUT2D eigenvalue weighted by atomic mass is 10.0. The van der Waals surface area contributed by atoms with Gasteiger partial charge in [0.2, 0.25) is 5.91 Å². The highest BCUT2D eigenvalue weighted by molar-refractivity contribution is 5.73. The summed E-state index contributed by atoms with van der Waals surface area (Å²) in [5.74, 6) is 0.172. The first kappa shape index (κ1) is 16.4. The van der Waals surface area contributed by atoms with Gasteiger partial charge in [0.05, 0.1) is 6.61 Å². The summed E-state index contributed by atoms with van der Waals surface area (Å²) < 4.78 is 5.05. The quantitative estimate of drug-likeness (QED) is 0.753. The summed E-state index contributed by atoms with van der Waals surface area (Å²) in [5, 5.41) is 0. The fourth-order valence-electron chi connectivity index (χ4n) is 2.01. The van der Waals surface area contributed by atoms with Crippen LogP contribution in [0.5, 0.6) is 0 Å². The third kappa shape index (κ3) is 6.03. The van der Waals surface area contributed by atoms with E-state index in [1.54, 1.807) is 14.0 Å². The fourth-order valence-corrected chi connectivity index (χ4v) is 2.01. The van der Waals surface area contributed by atoms with Crippen molar-refractivity contribution in [3.05, 3.63) is 0 Å². The number of hydrogen-bond donors (Lipinski definition) is 0. The SMILES string of the molecule is CC.COCCN1CCC(N(C)C(C)=O)CC1. The predicted octanol–water partition coefficient (Wildman–Crippen LogP) is 1.60.